The van der Waals surface area contributed by atoms with Gasteiger partial charge in [-0.3, -0.25) is 0 Å². The van der Waals surface area contributed by atoms with Crippen LogP contribution in [0.5, 0.6) is 0 Å². The first-order valence-electron chi connectivity index (χ1n) is 4.15. The maximum Gasteiger partial charge on any atom is 0.216 e. The third kappa shape index (κ3) is 2.07. The summed E-state index contributed by atoms with van der Waals surface area (Å²) in [4.78, 5) is 0.234. The molecule has 0 fully saturated rings. The topological polar surface area (TPSA) is 34.1 Å². The predicted molar refractivity (Wildman–Crippen MR) is 61.2 cm³/mol. The van der Waals surface area contributed by atoms with Gasteiger partial charge >= 0.3 is 0 Å². The van der Waals surface area contributed by atoms with Crippen LogP contribution in [-0.4, -0.2) is 8.42 Å². The molecule has 0 saturated heterocycles. The quantitative estimate of drug-likeness (QED) is 0.829. The standard InChI is InChI=1S/C10H7ClO2S2/c11-8-3-1-4-9(7-8)15(12,13)10-5-2-6-14-10/h1-7H. The number of rotatable bonds is 2. The third-order valence-corrected chi connectivity index (χ3v) is 5.25. The average molecular weight is 259 g/mol. The van der Waals surface area contributed by atoms with Gasteiger partial charge in [-0.15, -0.1) is 11.3 Å². The van der Waals surface area contributed by atoms with Crippen LogP contribution in [0.2, 0.25) is 5.02 Å². The normalized spacial score (nSPS) is 11.5. The lowest BCUT2D eigenvalue weighted by Gasteiger charge is -2.01. The van der Waals surface area contributed by atoms with Gasteiger partial charge in [0.05, 0.1) is 4.90 Å². The molecule has 0 aliphatic rings. The van der Waals surface area contributed by atoms with E-state index in [1.54, 1.807) is 35.7 Å². The molecule has 1 aromatic carbocycles. The largest absolute Gasteiger partial charge is 0.218 e. The van der Waals surface area contributed by atoms with Crippen LogP contribution in [0.4, 0.5) is 0 Å². The molecular weight excluding hydrogens is 252 g/mol. The molecule has 2 rings (SSSR count). The molecule has 0 N–H and O–H groups in total. The Kier molecular flexibility index (Phi) is 2.82. The van der Waals surface area contributed by atoms with Crippen molar-refractivity contribution in [1.29, 1.82) is 0 Å². The second-order valence-electron chi connectivity index (χ2n) is 2.89. The summed E-state index contributed by atoms with van der Waals surface area (Å²) in [6.07, 6.45) is 0. The fraction of sp³-hybridized carbons (Fsp3) is 0. The van der Waals surface area contributed by atoms with E-state index in [1.165, 1.54) is 17.4 Å². The molecular formula is C10H7ClO2S2. The Hall–Kier alpha value is -0.840. The lowest BCUT2D eigenvalue weighted by molar-refractivity contribution is 0.598. The van der Waals surface area contributed by atoms with E-state index in [-0.39, 0.29) is 4.90 Å². The highest BCUT2D eigenvalue weighted by atomic mass is 35.5. The van der Waals surface area contributed by atoms with Gasteiger partial charge in [0.1, 0.15) is 4.21 Å². The summed E-state index contributed by atoms with van der Waals surface area (Å²) < 4.78 is 24.3. The summed E-state index contributed by atoms with van der Waals surface area (Å²) >= 11 is 6.95. The molecule has 0 aliphatic carbocycles. The fourth-order valence-electron chi connectivity index (χ4n) is 1.17. The van der Waals surface area contributed by atoms with Gasteiger partial charge in [0.15, 0.2) is 0 Å². The van der Waals surface area contributed by atoms with Crippen molar-refractivity contribution in [2.45, 2.75) is 9.10 Å². The number of hydrogen-bond donors (Lipinski definition) is 0. The number of sulfone groups is 1. The van der Waals surface area contributed by atoms with Crippen LogP contribution in [0.1, 0.15) is 0 Å². The van der Waals surface area contributed by atoms with Crippen LogP contribution < -0.4 is 0 Å². The van der Waals surface area contributed by atoms with Gasteiger partial charge in [0.25, 0.3) is 0 Å². The van der Waals surface area contributed by atoms with Crippen molar-refractivity contribution in [3.05, 3.63) is 46.8 Å². The van der Waals surface area contributed by atoms with E-state index in [1.807, 2.05) is 0 Å². The lowest BCUT2D eigenvalue weighted by atomic mass is 10.4. The second-order valence-corrected chi connectivity index (χ2v) is 6.45. The Morgan fingerprint density at radius 3 is 2.53 bits per heavy atom. The molecule has 0 spiro atoms. The first-order valence-corrected chi connectivity index (χ1v) is 6.89. The lowest BCUT2D eigenvalue weighted by Crippen LogP contribution is -1.98. The number of halogens is 1. The van der Waals surface area contributed by atoms with Crippen molar-refractivity contribution in [3.8, 4) is 0 Å². The summed E-state index contributed by atoms with van der Waals surface area (Å²) in [5.41, 5.74) is 0. The molecule has 0 saturated carbocycles. The van der Waals surface area contributed by atoms with Gasteiger partial charge in [0, 0.05) is 5.02 Å². The zero-order valence-corrected chi connectivity index (χ0v) is 9.94. The monoisotopic (exact) mass is 258 g/mol. The molecule has 2 nitrogen and oxygen atoms in total. The van der Waals surface area contributed by atoms with Crippen molar-refractivity contribution < 1.29 is 8.42 Å². The molecule has 2 aromatic rings. The molecule has 0 unspecified atom stereocenters. The van der Waals surface area contributed by atoms with E-state index in [9.17, 15) is 8.42 Å². The zero-order chi connectivity index (χ0) is 10.9. The third-order valence-electron chi connectivity index (χ3n) is 1.87. The average Bonchev–Trinajstić information content (AvgIpc) is 2.71. The summed E-state index contributed by atoms with van der Waals surface area (Å²) in [7, 11) is -3.38. The maximum atomic E-state index is 12.0. The summed E-state index contributed by atoms with van der Waals surface area (Å²) in [6, 6.07) is 9.57. The van der Waals surface area contributed by atoms with Gasteiger partial charge in [-0.1, -0.05) is 23.7 Å². The number of hydrogen-bond acceptors (Lipinski definition) is 3. The van der Waals surface area contributed by atoms with E-state index in [0.717, 1.165) is 0 Å². The summed E-state index contributed by atoms with van der Waals surface area (Å²) in [5.74, 6) is 0. The molecule has 0 bridgehead atoms. The van der Waals surface area contributed by atoms with E-state index >= 15 is 0 Å². The van der Waals surface area contributed by atoms with Gasteiger partial charge in [-0.25, -0.2) is 8.42 Å². The molecule has 0 radical (unpaired) electrons. The van der Waals surface area contributed by atoms with Crippen LogP contribution in [-0.2, 0) is 9.84 Å². The molecule has 0 amide bonds. The van der Waals surface area contributed by atoms with E-state index in [0.29, 0.717) is 9.23 Å². The first-order chi connectivity index (χ1) is 7.10. The van der Waals surface area contributed by atoms with E-state index < -0.39 is 9.84 Å². The Balaban J connectivity index is 2.57. The van der Waals surface area contributed by atoms with Crippen molar-refractivity contribution in [2.75, 3.05) is 0 Å². The second kappa shape index (κ2) is 3.96. The Morgan fingerprint density at radius 2 is 1.93 bits per heavy atom. The Labute approximate surface area is 97.1 Å². The van der Waals surface area contributed by atoms with E-state index in [2.05, 4.69) is 0 Å². The minimum absolute atomic E-state index is 0.234. The van der Waals surface area contributed by atoms with Crippen LogP contribution in [0.15, 0.2) is 50.9 Å². The molecule has 15 heavy (non-hydrogen) atoms. The molecule has 5 heteroatoms. The van der Waals surface area contributed by atoms with Crippen molar-refractivity contribution in [1.82, 2.24) is 0 Å². The predicted octanol–water partition coefficient (Wildman–Crippen LogP) is 3.23. The first kappa shape index (κ1) is 10.7. The van der Waals surface area contributed by atoms with Crippen LogP contribution in [0, 0.1) is 0 Å². The molecule has 0 atom stereocenters. The Morgan fingerprint density at radius 1 is 1.13 bits per heavy atom. The van der Waals surface area contributed by atoms with Crippen molar-refractivity contribution >= 4 is 32.8 Å². The van der Waals surface area contributed by atoms with Gasteiger partial charge in [0.2, 0.25) is 9.84 Å². The summed E-state index contributed by atoms with van der Waals surface area (Å²) in [5, 5.41) is 2.16. The van der Waals surface area contributed by atoms with Crippen LogP contribution in [0.3, 0.4) is 0 Å². The minimum Gasteiger partial charge on any atom is -0.218 e. The maximum absolute atomic E-state index is 12.0. The fourth-order valence-corrected chi connectivity index (χ4v) is 3.86. The van der Waals surface area contributed by atoms with Gasteiger partial charge < -0.3 is 0 Å². The van der Waals surface area contributed by atoms with Gasteiger partial charge in [-0.2, -0.15) is 0 Å². The van der Waals surface area contributed by atoms with Crippen LogP contribution in [0.25, 0.3) is 0 Å². The Bertz CT molecular complexity index is 559. The minimum atomic E-state index is -3.38. The molecule has 0 aliphatic heterocycles. The van der Waals surface area contributed by atoms with E-state index in [4.69, 9.17) is 11.6 Å². The zero-order valence-electron chi connectivity index (χ0n) is 7.55. The number of thiophene rings is 1. The van der Waals surface area contributed by atoms with Crippen molar-refractivity contribution in [2.24, 2.45) is 0 Å². The van der Waals surface area contributed by atoms with Gasteiger partial charge in [-0.05, 0) is 29.6 Å². The summed E-state index contributed by atoms with van der Waals surface area (Å²) in [6.45, 7) is 0. The molecule has 1 aromatic heterocycles. The highest BCUT2D eigenvalue weighted by Gasteiger charge is 2.18. The van der Waals surface area contributed by atoms with Crippen molar-refractivity contribution in [3.63, 3.8) is 0 Å². The molecule has 78 valence electrons. The SMILES string of the molecule is O=S(=O)(c1cccc(Cl)c1)c1cccs1. The smallest absolute Gasteiger partial charge is 0.216 e. The molecule has 1 heterocycles. The number of benzene rings is 1. The highest BCUT2D eigenvalue weighted by molar-refractivity contribution is 7.93. The highest BCUT2D eigenvalue weighted by Crippen LogP contribution is 2.26. The van der Waals surface area contributed by atoms with Crippen LogP contribution >= 0.6 is 22.9 Å².